The molecular weight excluding hydrogens is 277 g/mol. The molecule has 21 heavy (non-hydrogen) atoms. The smallest absolute Gasteiger partial charge is 0.274 e. The van der Waals surface area contributed by atoms with Crippen molar-refractivity contribution in [3.8, 4) is 0 Å². The Bertz CT molecular complexity index is 704. The van der Waals surface area contributed by atoms with Gasteiger partial charge in [0.25, 0.3) is 11.6 Å². The maximum atomic E-state index is 13.3. The Labute approximate surface area is 119 Å². The number of nitrogens with two attached hydrogens (primary N) is 1. The number of hydrogen-bond acceptors (Lipinski definition) is 4. The van der Waals surface area contributed by atoms with Crippen LogP contribution in [0.2, 0.25) is 0 Å². The summed E-state index contributed by atoms with van der Waals surface area (Å²) in [5.74, 6) is -1.22. The molecule has 2 aromatic carbocycles. The molecule has 3 N–H and O–H groups in total. The molecule has 0 fully saturated rings. The van der Waals surface area contributed by atoms with Gasteiger partial charge in [-0.25, -0.2) is 4.39 Å². The van der Waals surface area contributed by atoms with Crippen molar-refractivity contribution >= 4 is 17.3 Å². The summed E-state index contributed by atoms with van der Waals surface area (Å²) in [5.41, 5.74) is 5.66. The first-order valence-corrected chi connectivity index (χ1v) is 6.04. The van der Waals surface area contributed by atoms with Crippen LogP contribution in [-0.4, -0.2) is 10.8 Å². The number of anilines is 1. The SMILES string of the molecule is Nc1ccc(C(=O)NCc2ccccc2[N+](=O)[O-])cc1F. The highest BCUT2D eigenvalue weighted by molar-refractivity contribution is 5.94. The number of nitrogens with one attached hydrogen (secondary N) is 1. The second kappa shape index (κ2) is 6.00. The van der Waals surface area contributed by atoms with E-state index in [4.69, 9.17) is 5.73 Å². The van der Waals surface area contributed by atoms with Crippen molar-refractivity contribution in [2.24, 2.45) is 0 Å². The van der Waals surface area contributed by atoms with Gasteiger partial charge in [-0.3, -0.25) is 14.9 Å². The van der Waals surface area contributed by atoms with Crippen LogP contribution in [0, 0.1) is 15.9 Å². The van der Waals surface area contributed by atoms with E-state index in [9.17, 15) is 19.3 Å². The highest BCUT2D eigenvalue weighted by Gasteiger charge is 2.14. The van der Waals surface area contributed by atoms with Gasteiger partial charge in [0, 0.05) is 23.7 Å². The zero-order valence-corrected chi connectivity index (χ0v) is 10.9. The van der Waals surface area contributed by atoms with Crippen molar-refractivity contribution in [3.05, 3.63) is 69.5 Å². The molecule has 0 aliphatic carbocycles. The van der Waals surface area contributed by atoms with Crippen LogP contribution >= 0.6 is 0 Å². The second-order valence-corrected chi connectivity index (χ2v) is 4.30. The molecule has 0 saturated heterocycles. The van der Waals surface area contributed by atoms with Gasteiger partial charge in [-0.15, -0.1) is 0 Å². The van der Waals surface area contributed by atoms with Gasteiger partial charge in [0.05, 0.1) is 10.6 Å². The minimum absolute atomic E-state index is 0.0258. The summed E-state index contributed by atoms with van der Waals surface area (Å²) in [4.78, 5) is 22.2. The fourth-order valence-electron chi connectivity index (χ4n) is 1.78. The molecular formula is C14H12FN3O3. The van der Waals surface area contributed by atoms with Gasteiger partial charge >= 0.3 is 0 Å². The monoisotopic (exact) mass is 289 g/mol. The number of para-hydroxylation sites is 1. The average molecular weight is 289 g/mol. The summed E-state index contributed by atoms with van der Waals surface area (Å²) < 4.78 is 13.3. The minimum atomic E-state index is -0.687. The number of halogens is 1. The maximum absolute atomic E-state index is 13.3. The molecule has 0 aromatic heterocycles. The third-order valence-electron chi connectivity index (χ3n) is 2.89. The molecule has 2 aromatic rings. The van der Waals surface area contributed by atoms with E-state index in [0.29, 0.717) is 5.56 Å². The van der Waals surface area contributed by atoms with E-state index in [-0.39, 0.29) is 23.5 Å². The zero-order valence-electron chi connectivity index (χ0n) is 10.9. The van der Waals surface area contributed by atoms with Gasteiger partial charge in [0.2, 0.25) is 0 Å². The first kappa shape index (κ1) is 14.4. The van der Waals surface area contributed by atoms with Gasteiger partial charge < -0.3 is 11.1 Å². The standard InChI is InChI=1S/C14H12FN3O3/c15-11-7-9(5-6-12(11)16)14(19)17-8-10-3-1-2-4-13(10)18(20)21/h1-7H,8,16H2,(H,17,19). The number of nitro benzene ring substituents is 1. The van der Waals surface area contributed by atoms with Gasteiger partial charge in [-0.2, -0.15) is 0 Å². The second-order valence-electron chi connectivity index (χ2n) is 4.30. The first-order chi connectivity index (χ1) is 9.99. The van der Waals surface area contributed by atoms with Crippen LogP contribution in [-0.2, 0) is 6.54 Å². The van der Waals surface area contributed by atoms with Gasteiger partial charge in [0.1, 0.15) is 5.82 Å². The number of amides is 1. The number of nitrogen functional groups attached to an aromatic ring is 1. The minimum Gasteiger partial charge on any atom is -0.396 e. The molecule has 1 amide bonds. The summed E-state index contributed by atoms with van der Waals surface area (Å²) in [5, 5.41) is 13.4. The fraction of sp³-hybridized carbons (Fsp3) is 0.0714. The Morgan fingerprint density at radius 3 is 2.67 bits per heavy atom. The fourth-order valence-corrected chi connectivity index (χ4v) is 1.78. The van der Waals surface area contributed by atoms with Crippen LogP contribution in [0.1, 0.15) is 15.9 Å². The zero-order chi connectivity index (χ0) is 15.4. The summed E-state index contributed by atoms with van der Waals surface area (Å²) >= 11 is 0. The van der Waals surface area contributed by atoms with Crippen LogP contribution in [0.3, 0.4) is 0 Å². The summed E-state index contributed by atoms with van der Waals surface area (Å²) in [6, 6.07) is 9.76. The van der Waals surface area contributed by atoms with E-state index in [1.165, 1.54) is 18.2 Å². The van der Waals surface area contributed by atoms with E-state index in [0.717, 1.165) is 6.07 Å². The van der Waals surface area contributed by atoms with Crippen molar-refractivity contribution in [1.29, 1.82) is 0 Å². The molecule has 108 valence electrons. The normalized spacial score (nSPS) is 10.1. The Morgan fingerprint density at radius 1 is 1.29 bits per heavy atom. The first-order valence-electron chi connectivity index (χ1n) is 6.04. The molecule has 0 bridgehead atoms. The van der Waals surface area contributed by atoms with Crippen molar-refractivity contribution in [3.63, 3.8) is 0 Å². The van der Waals surface area contributed by atoms with Crippen molar-refractivity contribution < 1.29 is 14.1 Å². The molecule has 6 nitrogen and oxygen atoms in total. The van der Waals surface area contributed by atoms with E-state index >= 15 is 0 Å². The molecule has 0 saturated carbocycles. The predicted molar refractivity (Wildman–Crippen MR) is 75.1 cm³/mol. The van der Waals surface area contributed by atoms with Gasteiger partial charge in [-0.1, -0.05) is 18.2 Å². The highest BCUT2D eigenvalue weighted by Crippen LogP contribution is 2.17. The molecule has 0 aliphatic rings. The summed E-state index contributed by atoms with van der Waals surface area (Å²) in [6.07, 6.45) is 0. The Balaban J connectivity index is 2.11. The lowest BCUT2D eigenvalue weighted by Gasteiger charge is -2.06. The highest BCUT2D eigenvalue weighted by atomic mass is 19.1. The molecule has 0 aliphatic heterocycles. The number of hydrogen-bond donors (Lipinski definition) is 2. The third kappa shape index (κ3) is 3.33. The van der Waals surface area contributed by atoms with Crippen LogP contribution in [0.25, 0.3) is 0 Å². The number of benzene rings is 2. The van der Waals surface area contributed by atoms with Crippen LogP contribution in [0.4, 0.5) is 15.8 Å². The molecule has 0 unspecified atom stereocenters. The van der Waals surface area contributed by atoms with Crippen LogP contribution in [0.5, 0.6) is 0 Å². The molecule has 0 spiro atoms. The molecule has 2 rings (SSSR count). The van der Waals surface area contributed by atoms with Crippen molar-refractivity contribution in [2.75, 3.05) is 5.73 Å². The molecule has 0 radical (unpaired) electrons. The van der Waals surface area contributed by atoms with E-state index in [2.05, 4.69) is 5.32 Å². The van der Waals surface area contributed by atoms with Crippen molar-refractivity contribution in [1.82, 2.24) is 5.32 Å². The van der Waals surface area contributed by atoms with Crippen LogP contribution < -0.4 is 11.1 Å². The lowest BCUT2D eigenvalue weighted by molar-refractivity contribution is -0.385. The van der Waals surface area contributed by atoms with Gasteiger partial charge in [0.15, 0.2) is 0 Å². The lowest BCUT2D eigenvalue weighted by Crippen LogP contribution is -2.23. The quantitative estimate of drug-likeness (QED) is 0.512. The summed E-state index contributed by atoms with van der Waals surface area (Å²) in [6.45, 7) is -0.0258. The number of rotatable bonds is 4. The van der Waals surface area contributed by atoms with Gasteiger partial charge in [-0.05, 0) is 18.2 Å². The van der Waals surface area contributed by atoms with Crippen molar-refractivity contribution in [2.45, 2.75) is 6.54 Å². The van der Waals surface area contributed by atoms with E-state index in [1.54, 1.807) is 18.2 Å². The summed E-state index contributed by atoms with van der Waals surface area (Å²) in [7, 11) is 0. The van der Waals surface area contributed by atoms with E-state index in [1.807, 2.05) is 0 Å². The number of carbonyl (C=O) groups excluding carboxylic acids is 1. The maximum Gasteiger partial charge on any atom is 0.274 e. The Kier molecular flexibility index (Phi) is 4.13. The number of nitrogens with zero attached hydrogens (tertiary/aromatic N) is 1. The Hall–Kier alpha value is -2.96. The molecule has 7 heteroatoms. The topological polar surface area (TPSA) is 98.3 Å². The predicted octanol–water partition coefficient (Wildman–Crippen LogP) is 2.25. The van der Waals surface area contributed by atoms with Crippen LogP contribution in [0.15, 0.2) is 42.5 Å². The number of carbonyl (C=O) groups is 1. The van der Waals surface area contributed by atoms with E-state index < -0.39 is 16.6 Å². The molecule has 0 atom stereocenters. The largest absolute Gasteiger partial charge is 0.396 e. The molecule has 0 heterocycles. The lowest BCUT2D eigenvalue weighted by atomic mass is 10.1. The third-order valence-corrected chi connectivity index (χ3v) is 2.89. The number of nitro groups is 1. The Morgan fingerprint density at radius 2 is 2.00 bits per heavy atom. The average Bonchev–Trinajstić information content (AvgIpc) is 2.47.